The van der Waals surface area contributed by atoms with E-state index in [1.54, 1.807) is 12.1 Å². The van der Waals surface area contributed by atoms with E-state index in [0.717, 1.165) is 11.3 Å². The van der Waals surface area contributed by atoms with Crippen LogP contribution in [-0.2, 0) is 11.2 Å². The van der Waals surface area contributed by atoms with E-state index in [-0.39, 0.29) is 18.3 Å². The number of anilines is 1. The fraction of sp³-hybridized carbons (Fsp3) is 0.278. The minimum atomic E-state index is -0.205. The van der Waals surface area contributed by atoms with Gasteiger partial charge >= 0.3 is 0 Å². The lowest BCUT2D eigenvalue weighted by Crippen LogP contribution is -2.29. The van der Waals surface area contributed by atoms with Crippen LogP contribution in [0, 0.1) is 19.7 Å². The SMILES string of the molecule is Cc1ccc(NC(=O)CNCCc2ccccc2F)c(C)c1. The van der Waals surface area contributed by atoms with Crippen molar-refractivity contribution >= 4 is 11.6 Å². The maximum atomic E-state index is 13.4. The summed E-state index contributed by atoms with van der Waals surface area (Å²) >= 11 is 0. The van der Waals surface area contributed by atoms with Crippen LogP contribution in [0.3, 0.4) is 0 Å². The van der Waals surface area contributed by atoms with E-state index in [9.17, 15) is 9.18 Å². The molecule has 2 aromatic rings. The highest BCUT2D eigenvalue weighted by molar-refractivity contribution is 5.92. The molecule has 1 amide bonds. The van der Waals surface area contributed by atoms with E-state index in [2.05, 4.69) is 10.6 Å². The topological polar surface area (TPSA) is 41.1 Å². The number of carbonyl (C=O) groups is 1. The van der Waals surface area contributed by atoms with Crippen LogP contribution in [0.15, 0.2) is 42.5 Å². The minimum Gasteiger partial charge on any atom is -0.325 e. The Hall–Kier alpha value is -2.20. The number of nitrogens with one attached hydrogen (secondary N) is 2. The van der Waals surface area contributed by atoms with Crippen molar-refractivity contribution in [3.8, 4) is 0 Å². The van der Waals surface area contributed by atoms with Gasteiger partial charge in [-0.05, 0) is 50.1 Å². The minimum absolute atomic E-state index is 0.0968. The number of hydrogen-bond acceptors (Lipinski definition) is 2. The summed E-state index contributed by atoms with van der Waals surface area (Å²) < 4.78 is 13.4. The van der Waals surface area contributed by atoms with E-state index in [4.69, 9.17) is 0 Å². The van der Waals surface area contributed by atoms with Gasteiger partial charge in [-0.1, -0.05) is 35.9 Å². The molecule has 4 heteroatoms. The van der Waals surface area contributed by atoms with Crippen LogP contribution in [0.1, 0.15) is 16.7 Å². The second-order valence-corrected chi connectivity index (χ2v) is 5.38. The molecule has 0 unspecified atom stereocenters. The molecular formula is C18H21FN2O. The summed E-state index contributed by atoms with van der Waals surface area (Å²) in [5, 5.41) is 5.91. The van der Waals surface area contributed by atoms with Crippen molar-refractivity contribution in [3.63, 3.8) is 0 Å². The van der Waals surface area contributed by atoms with Gasteiger partial charge in [0.25, 0.3) is 0 Å². The predicted octanol–water partition coefficient (Wildman–Crippen LogP) is 3.21. The number of benzene rings is 2. The zero-order chi connectivity index (χ0) is 15.9. The third-order valence-electron chi connectivity index (χ3n) is 3.47. The van der Waals surface area contributed by atoms with Gasteiger partial charge in [0, 0.05) is 5.69 Å². The summed E-state index contributed by atoms with van der Waals surface area (Å²) in [6, 6.07) is 12.6. The molecule has 0 saturated carbocycles. The molecular weight excluding hydrogens is 279 g/mol. The first-order chi connectivity index (χ1) is 10.6. The normalized spacial score (nSPS) is 10.5. The second kappa shape index (κ2) is 7.71. The molecule has 0 aromatic heterocycles. The van der Waals surface area contributed by atoms with Gasteiger partial charge in [0.05, 0.1) is 6.54 Å². The lowest BCUT2D eigenvalue weighted by molar-refractivity contribution is -0.115. The van der Waals surface area contributed by atoms with Gasteiger partial charge < -0.3 is 10.6 Å². The Labute approximate surface area is 130 Å². The van der Waals surface area contributed by atoms with Crippen LogP contribution < -0.4 is 10.6 Å². The highest BCUT2D eigenvalue weighted by Gasteiger charge is 2.05. The molecule has 0 aliphatic heterocycles. The van der Waals surface area contributed by atoms with Crippen LogP contribution in [0.4, 0.5) is 10.1 Å². The largest absolute Gasteiger partial charge is 0.325 e. The number of amides is 1. The van der Waals surface area contributed by atoms with Crippen LogP contribution >= 0.6 is 0 Å². The second-order valence-electron chi connectivity index (χ2n) is 5.38. The summed E-state index contributed by atoms with van der Waals surface area (Å²) in [4.78, 5) is 11.9. The molecule has 0 bridgehead atoms. The summed E-state index contributed by atoms with van der Waals surface area (Å²) in [5.41, 5.74) is 3.69. The molecule has 0 radical (unpaired) electrons. The molecule has 2 rings (SSSR count). The lowest BCUT2D eigenvalue weighted by atomic mass is 10.1. The van der Waals surface area contributed by atoms with E-state index in [1.165, 1.54) is 11.6 Å². The lowest BCUT2D eigenvalue weighted by Gasteiger charge is -2.10. The average Bonchev–Trinajstić information content (AvgIpc) is 2.48. The highest BCUT2D eigenvalue weighted by Crippen LogP contribution is 2.15. The Morgan fingerprint density at radius 2 is 1.91 bits per heavy atom. The summed E-state index contributed by atoms with van der Waals surface area (Å²) in [5.74, 6) is -0.301. The number of rotatable bonds is 6. The maximum Gasteiger partial charge on any atom is 0.238 e. The van der Waals surface area contributed by atoms with Gasteiger partial charge in [0.15, 0.2) is 0 Å². The van der Waals surface area contributed by atoms with Crippen LogP contribution in [-0.4, -0.2) is 19.0 Å². The summed E-state index contributed by atoms with van der Waals surface area (Å²) in [6.45, 7) is 4.75. The summed E-state index contributed by atoms with van der Waals surface area (Å²) in [6.07, 6.45) is 0.559. The summed E-state index contributed by atoms with van der Waals surface area (Å²) in [7, 11) is 0. The molecule has 0 heterocycles. The van der Waals surface area contributed by atoms with Gasteiger partial charge in [-0.15, -0.1) is 0 Å². The standard InChI is InChI=1S/C18H21FN2O/c1-13-7-8-17(14(2)11-13)21-18(22)12-20-10-9-15-5-3-4-6-16(15)19/h3-8,11,20H,9-10,12H2,1-2H3,(H,21,22). The maximum absolute atomic E-state index is 13.4. The monoisotopic (exact) mass is 300 g/mol. The van der Waals surface area contributed by atoms with Gasteiger partial charge in [0.1, 0.15) is 5.82 Å². The van der Waals surface area contributed by atoms with Crippen molar-refractivity contribution in [2.24, 2.45) is 0 Å². The van der Waals surface area contributed by atoms with Crippen LogP contribution in [0.2, 0.25) is 0 Å². The van der Waals surface area contributed by atoms with Crippen LogP contribution in [0.25, 0.3) is 0 Å². The van der Waals surface area contributed by atoms with Crippen molar-refractivity contribution < 1.29 is 9.18 Å². The van der Waals surface area contributed by atoms with Crippen molar-refractivity contribution in [1.29, 1.82) is 0 Å². The number of carbonyl (C=O) groups excluding carboxylic acids is 1. The zero-order valence-electron chi connectivity index (χ0n) is 12.9. The Bertz CT molecular complexity index is 655. The van der Waals surface area contributed by atoms with E-state index >= 15 is 0 Å². The van der Waals surface area contributed by atoms with Gasteiger partial charge in [-0.3, -0.25) is 4.79 Å². The smallest absolute Gasteiger partial charge is 0.238 e. The number of aryl methyl sites for hydroxylation is 2. The molecule has 22 heavy (non-hydrogen) atoms. The number of halogens is 1. The quantitative estimate of drug-likeness (QED) is 0.804. The molecule has 0 atom stereocenters. The first-order valence-electron chi connectivity index (χ1n) is 7.37. The number of hydrogen-bond donors (Lipinski definition) is 2. The van der Waals surface area contributed by atoms with Crippen molar-refractivity contribution in [2.45, 2.75) is 20.3 Å². The average molecular weight is 300 g/mol. The molecule has 116 valence electrons. The first kappa shape index (κ1) is 16.2. The predicted molar refractivity (Wildman–Crippen MR) is 87.5 cm³/mol. The Kier molecular flexibility index (Phi) is 5.67. The fourth-order valence-corrected chi connectivity index (χ4v) is 2.27. The van der Waals surface area contributed by atoms with Crippen molar-refractivity contribution in [3.05, 3.63) is 65.0 Å². The molecule has 0 saturated heterocycles. The Morgan fingerprint density at radius 3 is 2.64 bits per heavy atom. The molecule has 0 aliphatic carbocycles. The van der Waals surface area contributed by atoms with E-state index in [0.29, 0.717) is 18.5 Å². The van der Waals surface area contributed by atoms with E-state index < -0.39 is 0 Å². The van der Waals surface area contributed by atoms with Gasteiger partial charge in [0.2, 0.25) is 5.91 Å². The van der Waals surface area contributed by atoms with Crippen molar-refractivity contribution in [1.82, 2.24) is 5.32 Å². The molecule has 2 aromatic carbocycles. The highest BCUT2D eigenvalue weighted by atomic mass is 19.1. The van der Waals surface area contributed by atoms with Gasteiger partial charge in [-0.2, -0.15) is 0 Å². The third kappa shape index (κ3) is 4.67. The molecule has 0 spiro atoms. The first-order valence-corrected chi connectivity index (χ1v) is 7.37. The van der Waals surface area contributed by atoms with Crippen LogP contribution in [0.5, 0.6) is 0 Å². The zero-order valence-corrected chi connectivity index (χ0v) is 12.9. The molecule has 3 nitrogen and oxygen atoms in total. The third-order valence-corrected chi connectivity index (χ3v) is 3.47. The molecule has 2 N–H and O–H groups in total. The van der Waals surface area contributed by atoms with Crippen molar-refractivity contribution in [2.75, 3.05) is 18.4 Å². The molecule has 0 fully saturated rings. The van der Waals surface area contributed by atoms with E-state index in [1.807, 2.05) is 38.1 Å². The Morgan fingerprint density at radius 1 is 1.14 bits per heavy atom. The Balaban J connectivity index is 1.75. The fourth-order valence-electron chi connectivity index (χ4n) is 2.27. The van der Waals surface area contributed by atoms with Gasteiger partial charge in [-0.25, -0.2) is 4.39 Å². The molecule has 0 aliphatic rings.